The van der Waals surface area contributed by atoms with Crippen LogP contribution in [0.15, 0.2) is 36.7 Å². The van der Waals surface area contributed by atoms with Gasteiger partial charge in [-0.15, -0.1) is 0 Å². The van der Waals surface area contributed by atoms with Crippen LogP contribution >= 0.6 is 0 Å². The number of benzene rings is 1. The van der Waals surface area contributed by atoms with E-state index in [4.69, 9.17) is 4.74 Å². The number of methoxy groups -OCH3 is 1. The molecule has 6 nitrogen and oxygen atoms in total. The number of ether oxygens (including phenoxy) is 1. The molecule has 3 rings (SSSR count). The van der Waals surface area contributed by atoms with Crippen molar-refractivity contribution in [2.45, 2.75) is 45.4 Å². The van der Waals surface area contributed by atoms with Gasteiger partial charge < -0.3 is 9.84 Å². The Hall–Kier alpha value is -1.89. The summed E-state index contributed by atoms with van der Waals surface area (Å²) in [7, 11) is 1.71. The monoisotopic (exact) mass is 372 g/mol. The molecule has 27 heavy (non-hydrogen) atoms. The molecular weight excluding hydrogens is 340 g/mol. The normalized spacial score (nSPS) is 18.9. The minimum Gasteiger partial charge on any atom is -0.496 e. The van der Waals surface area contributed by atoms with Crippen molar-refractivity contribution < 1.29 is 9.84 Å². The lowest BCUT2D eigenvalue weighted by molar-refractivity contribution is 0.0349. The van der Waals surface area contributed by atoms with Gasteiger partial charge in [-0.1, -0.05) is 6.07 Å². The Morgan fingerprint density at radius 1 is 1.26 bits per heavy atom. The van der Waals surface area contributed by atoms with Crippen molar-refractivity contribution in [1.82, 2.24) is 19.6 Å². The molecule has 1 atom stereocenters. The zero-order valence-electron chi connectivity index (χ0n) is 16.7. The van der Waals surface area contributed by atoms with E-state index in [1.807, 2.05) is 16.9 Å². The molecule has 1 aromatic carbocycles. The summed E-state index contributed by atoms with van der Waals surface area (Å²) in [5, 5.41) is 13.8. The molecule has 0 spiro atoms. The minimum absolute atomic E-state index is 0.248. The summed E-state index contributed by atoms with van der Waals surface area (Å²) in [6.45, 7) is 9.47. The van der Waals surface area contributed by atoms with Crippen LogP contribution in [0.3, 0.4) is 0 Å². The fraction of sp³-hybridized carbons (Fsp3) is 0.571. The first kappa shape index (κ1) is 19.9. The standard InChI is InChI=1S/C21H32N4O2/c1-17(2)25-11-10-23(16-20(25)7-12-26)14-18-5-6-21(27-3)19(13-18)15-24-9-4-8-22-24/h4-6,8-9,13,17,20,26H,7,10-12,14-16H2,1-3H3/t20-/m1/s1. The van der Waals surface area contributed by atoms with Gasteiger partial charge in [-0.2, -0.15) is 5.10 Å². The highest BCUT2D eigenvalue weighted by molar-refractivity contribution is 5.37. The molecule has 0 aliphatic carbocycles. The molecule has 0 saturated carbocycles. The summed E-state index contributed by atoms with van der Waals surface area (Å²) in [5.41, 5.74) is 2.44. The molecular formula is C21H32N4O2. The summed E-state index contributed by atoms with van der Waals surface area (Å²) in [6, 6.07) is 9.32. The number of aliphatic hydroxyl groups excluding tert-OH is 1. The Morgan fingerprint density at radius 3 is 2.78 bits per heavy atom. The van der Waals surface area contributed by atoms with Gasteiger partial charge in [0.25, 0.3) is 0 Å². The summed E-state index contributed by atoms with van der Waals surface area (Å²) in [6.07, 6.45) is 4.60. The van der Waals surface area contributed by atoms with E-state index in [0.717, 1.165) is 43.9 Å². The van der Waals surface area contributed by atoms with Crippen LogP contribution in [0.25, 0.3) is 0 Å². The van der Waals surface area contributed by atoms with E-state index >= 15 is 0 Å². The molecule has 1 aromatic heterocycles. The number of aliphatic hydroxyl groups is 1. The van der Waals surface area contributed by atoms with Crippen molar-refractivity contribution in [3.63, 3.8) is 0 Å². The van der Waals surface area contributed by atoms with Gasteiger partial charge in [-0.25, -0.2) is 0 Å². The van der Waals surface area contributed by atoms with Gasteiger partial charge in [0, 0.05) is 62.8 Å². The largest absolute Gasteiger partial charge is 0.496 e. The van der Waals surface area contributed by atoms with Crippen LogP contribution in [0, 0.1) is 0 Å². The van der Waals surface area contributed by atoms with Gasteiger partial charge >= 0.3 is 0 Å². The van der Waals surface area contributed by atoms with Gasteiger partial charge in [0.15, 0.2) is 0 Å². The third kappa shape index (κ3) is 5.09. The first-order valence-corrected chi connectivity index (χ1v) is 9.83. The Bertz CT molecular complexity index is 702. The van der Waals surface area contributed by atoms with Crippen LogP contribution < -0.4 is 4.74 Å². The average molecular weight is 373 g/mol. The summed E-state index contributed by atoms with van der Waals surface area (Å²) in [4.78, 5) is 5.02. The quantitative estimate of drug-likeness (QED) is 0.770. The fourth-order valence-electron chi connectivity index (χ4n) is 4.04. The molecule has 6 heteroatoms. The maximum Gasteiger partial charge on any atom is 0.123 e. The van der Waals surface area contributed by atoms with Gasteiger partial charge in [0.2, 0.25) is 0 Å². The number of hydrogen-bond acceptors (Lipinski definition) is 5. The van der Waals surface area contributed by atoms with Gasteiger partial charge in [0.1, 0.15) is 5.75 Å². The molecule has 2 heterocycles. The highest BCUT2D eigenvalue weighted by atomic mass is 16.5. The minimum atomic E-state index is 0.248. The molecule has 0 radical (unpaired) electrons. The maximum absolute atomic E-state index is 9.44. The predicted octanol–water partition coefficient (Wildman–Crippen LogP) is 2.22. The Labute approximate surface area is 162 Å². The Morgan fingerprint density at radius 2 is 2.11 bits per heavy atom. The van der Waals surface area contributed by atoms with Crippen molar-refractivity contribution in [2.24, 2.45) is 0 Å². The van der Waals surface area contributed by atoms with E-state index < -0.39 is 0 Å². The smallest absolute Gasteiger partial charge is 0.123 e. The van der Waals surface area contributed by atoms with E-state index in [-0.39, 0.29) is 6.61 Å². The van der Waals surface area contributed by atoms with E-state index in [0.29, 0.717) is 18.6 Å². The van der Waals surface area contributed by atoms with Crippen molar-refractivity contribution in [2.75, 3.05) is 33.4 Å². The molecule has 1 N–H and O–H groups in total. The third-order valence-electron chi connectivity index (χ3n) is 5.38. The second-order valence-electron chi connectivity index (χ2n) is 7.58. The molecule has 0 bridgehead atoms. The Kier molecular flexibility index (Phi) is 6.88. The highest BCUT2D eigenvalue weighted by Crippen LogP contribution is 2.23. The molecule has 1 saturated heterocycles. The van der Waals surface area contributed by atoms with E-state index in [2.05, 4.69) is 46.9 Å². The van der Waals surface area contributed by atoms with Crippen molar-refractivity contribution >= 4 is 0 Å². The van der Waals surface area contributed by atoms with Crippen molar-refractivity contribution in [3.05, 3.63) is 47.8 Å². The zero-order chi connectivity index (χ0) is 19.2. The number of aromatic nitrogens is 2. The van der Waals surface area contributed by atoms with Crippen LogP contribution in [-0.4, -0.2) is 70.1 Å². The molecule has 1 aliphatic rings. The predicted molar refractivity (Wildman–Crippen MR) is 107 cm³/mol. The topological polar surface area (TPSA) is 53.8 Å². The summed E-state index contributed by atoms with van der Waals surface area (Å²) in [5.74, 6) is 0.900. The van der Waals surface area contributed by atoms with E-state index in [9.17, 15) is 5.11 Å². The zero-order valence-corrected chi connectivity index (χ0v) is 16.7. The number of piperazine rings is 1. The molecule has 0 unspecified atom stereocenters. The second-order valence-corrected chi connectivity index (χ2v) is 7.58. The van der Waals surface area contributed by atoms with Crippen LogP contribution in [0.2, 0.25) is 0 Å². The van der Waals surface area contributed by atoms with Gasteiger partial charge in [0.05, 0.1) is 13.7 Å². The van der Waals surface area contributed by atoms with Crippen LogP contribution in [0.4, 0.5) is 0 Å². The molecule has 0 amide bonds. The first-order chi connectivity index (χ1) is 13.1. The fourth-order valence-corrected chi connectivity index (χ4v) is 4.04. The third-order valence-corrected chi connectivity index (χ3v) is 5.38. The van der Waals surface area contributed by atoms with Gasteiger partial charge in [-0.3, -0.25) is 14.5 Å². The van der Waals surface area contributed by atoms with Crippen LogP contribution in [-0.2, 0) is 13.1 Å². The van der Waals surface area contributed by atoms with Crippen LogP contribution in [0.5, 0.6) is 5.75 Å². The van der Waals surface area contributed by atoms with Crippen LogP contribution in [0.1, 0.15) is 31.4 Å². The average Bonchev–Trinajstić information content (AvgIpc) is 3.15. The molecule has 1 fully saturated rings. The first-order valence-electron chi connectivity index (χ1n) is 9.83. The van der Waals surface area contributed by atoms with E-state index in [1.165, 1.54) is 5.56 Å². The molecule has 148 valence electrons. The van der Waals surface area contributed by atoms with E-state index in [1.54, 1.807) is 13.3 Å². The van der Waals surface area contributed by atoms with Crippen molar-refractivity contribution in [1.29, 1.82) is 0 Å². The lowest BCUT2D eigenvalue weighted by atomic mass is 10.0. The number of hydrogen-bond donors (Lipinski definition) is 1. The lowest BCUT2D eigenvalue weighted by Gasteiger charge is -2.43. The van der Waals surface area contributed by atoms with Gasteiger partial charge in [-0.05, 0) is 44.0 Å². The highest BCUT2D eigenvalue weighted by Gasteiger charge is 2.28. The number of rotatable bonds is 8. The van der Waals surface area contributed by atoms with Crippen molar-refractivity contribution in [3.8, 4) is 5.75 Å². The lowest BCUT2D eigenvalue weighted by Crippen LogP contribution is -2.55. The molecule has 1 aliphatic heterocycles. The maximum atomic E-state index is 9.44. The second kappa shape index (κ2) is 9.35. The SMILES string of the molecule is COc1ccc(CN2CCN(C(C)C)[C@H](CCO)C2)cc1Cn1cccn1. The molecule has 2 aromatic rings. The summed E-state index contributed by atoms with van der Waals surface area (Å²) < 4.78 is 7.46. The Balaban J connectivity index is 1.69. The number of nitrogens with zero attached hydrogens (tertiary/aromatic N) is 4. The summed E-state index contributed by atoms with van der Waals surface area (Å²) >= 11 is 0.